The number of nitro benzene ring substituents is 1. The molecule has 0 fully saturated rings. The Labute approximate surface area is 160 Å². The maximum absolute atomic E-state index is 12.0. The summed E-state index contributed by atoms with van der Waals surface area (Å²) in [4.78, 5) is 38.4. The first kappa shape index (κ1) is 20.6. The fourth-order valence-corrected chi connectivity index (χ4v) is 2.24. The zero-order valence-electron chi connectivity index (χ0n) is 15.2. The molecule has 0 radical (unpaired) electrons. The molecule has 0 amide bonds. The highest BCUT2D eigenvalue weighted by Crippen LogP contribution is 2.23. The van der Waals surface area contributed by atoms with Crippen molar-refractivity contribution in [3.05, 3.63) is 63.2 Å². The summed E-state index contributed by atoms with van der Waals surface area (Å²) in [6.45, 7) is 3.58. The van der Waals surface area contributed by atoms with Gasteiger partial charge in [0.25, 0.3) is 5.69 Å². The number of nitrogens with zero attached hydrogens (tertiary/aromatic N) is 2. The van der Waals surface area contributed by atoms with Crippen LogP contribution in [0.4, 0.5) is 11.4 Å². The fraction of sp³-hybridized carbons (Fsp3) is 0.211. The monoisotopic (exact) mass is 385 g/mol. The number of hydrogen-bond acceptors (Lipinski definition) is 8. The molecule has 0 heterocycles. The fourth-order valence-electron chi connectivity index (χ4n) is 2.24. The average Bonchev–Trinajstić information content (AvgIpc) is 2.67. The molecule has 0 aliphatic heterocycles. The molecule has 0 saturated heterocycles. The van der Waals surface area contributed by atoms with Crippen molar-refractivity contribution in [2.45, 2.75) is 13.8 Å². The first-order valence-electron chi connectivity index (χ1n) is 8.34. The van der Waals surface area contributed by atoms with Crippen LogP contribution in [0.25, 0.3) is 0 Å². The molecule has 0 spiro atoms. The van der Waals surface area contributed by atoms with Gasteiger partial charge >= 0.3 is 11.9 Å². The number of benzene rings is 2. The smallest absolute Gasteiger partial charge is 0.338 e. The van der Waals surface area contributed by atoms with Crippen LogP contribution in [-0.4, -0.2) is 36.3 Å². The van der Waals surface area contributed by atoms with E-state index < -0.39 is 22.6 Å². The van der Waals surface area contributed by atoms with E-state index in [0.29, 0.717) is 0 Å². The summed E-state index contributed by atoms with van der Waals surface area (Å²) in [7, 11) is 0. The predicted octanol–water partition coefficient (Wildman–Crippen LogP) is 2.77. The molecule has 0 aromatic heterocycles. The van der Waals surface area contributed by atoms with Crippen LogP contribution in [0.1, 0.15) is 40.1 Å². The Morgan fingerprint density at radius 2 is 1.61 bits per heavy atom. The lowest BCUT2D eigenvalue weighted by Gasteiger charge is -2.09. The summed E-state index contributed by atoms with van der Waals surface area (Å²) < 4.78 is 9.87. The molecule has 0 unspecified atom stereocenters. The van der Waals surface area contributed by atoms with Crippen LogP contribution in [0.5, 0.6) is 5.75 Å². The van der Waals surface area contributed by atoms with E-state index >= 15 is 0 Å². The van der Waals surface area contributed by atoms with Gasteiger partial charge in [0.15, 0.2) is 0 Å². The molecule has 0 saturated carbocycles. The molecule has 2 aromatic rings. The lowest BCUT2D eigenvalue weighted by Crippen LogP contribution is -2.09. The molecule has 9 nitrogen and oxygen atoms in total. The molecule has 2 aromatic carbocycles. The second-order valence-electron chi connectivity index (χ2n) is 5.45. The van der Waals surface area contributed by atoms with Crippen LogP contribution >= 0.6 is 0 Å². The van der Waals surface area contributed by atoms with Crippen LogP contribution in [0.3, 0.4) is 0 Å². The Hall–Kier alpha value is -3.75. The number of nitro groups is 1. The highest BCUT2D eigenvalue weighted by atomic mass is 16.6. The lowest BCUT2D eigenvalue weighted by molar-refractivity contribution is -0.385. The summed E-state index contributed by atoms with van der Waals surface area (Å²) in [5.74, 6) is -1.75. The normalized spacial score (nSPS) is 10.6. The SMILES string of the molecule is CCOC(=O)c1cc(N=Cc2cc([N+](=O)[O-])ccc2[O-])cc(C(=O)OCC)c1. The maximum atomic E-state index is 12.0. The van der Waals surface area contributed by atoms with Gasteiger partial charge < -0.3 is 14.6 Å². The van der Waals surface area contributed by atoms with Crippen LogP contribution in [0, 0.1) is 10.1 Å². The largest absolute Gasteiger partial charge is 0.872 e. The van der Waals surface area contributed by atoms with Gasteiger partial charge in [-0.15, -0.1) is 0 Å². The van der Waals surface area contributed by atoms with E-state index in [-0.39, 0.29) is 41.3 Å². The van der Waals surface area contributed by atoms with Gasteiger partial charge in [0, 0.05) is 18.3 Å². The predicted molar refractivity (Wildman–Crippen MR) is 98.2 cm³/mol. The van der Waals surface area contributed by atoms with Gasteiger partial charge in [0.1, 0.15) is 0 Å². The number of aliphatic imine (C=N–C) groups is 1. The third-order valence-corrected chi connectivity index (χ3v) is 3.50. The Balaban J connectivity index is 2.45. The molecule has 2 rings (SSSR count). The minimum Gasteiger partial charge on any atom is -0.872 e. The van der Waals surface area contributed by atoms with Gasteiger partial charge in [0.05, 0.1) is 35.0 Å². The summed E-state index contributed by atoms with van der Waals surface area (Å²) in [5, 5.41) is 22.7. The number of ether oxygens (including phenoxy) is 2. The topological polar surface area (TPSA) is 131 Å². The van der Waals surface area contributed by atoms with Crippen molar-refractivity contribution in [2.75, 3.05) is 13.2 Å². The Morgan fingerprint density at radius 3 is 2.11 bits per heavy atom. The molecule has 0 N–H and O–H groups in total. The molecular formula is C19H17N2O7-. The van der Waals surface area contributed by atoms with Crippen molar-refractivity contribution >= 4 is 29.5 Å². The Kier molecular flexibility index (Phi) is 6.80. The van der Waals surface area contributed by atoms with Gasteiger partial charge in [0.2, 0.25) is 0 Å². The molecule has 0 bridgehead atoms. The number of hydrogen-bond donors (Lipinski definition) is 0. The molecular weight excluding hydrogens is 368 g/mol. The van der Waals surface area contributed by atoms with Crippen molar-refractivity contribution in [2.24, 2.45) is 4.99 Å². The van der Waals surface area contributed by atoms with Gasteiger partial charge in [-0.2, -0.15) is 0 Å². The van der Waals surface area contributed by atoms with Crippen LogP contribution in [0.15, 0.2) is 41.4 Å². The number of carbonyl (C=O) groups is 2. The molecule has 0 aliphatic rings. The van der Waals surface area contributed by atoms with Gasteiger partial charge in [-0.3, -0.25) is 15.1 Å². The quantitative estimate of drug-likeness (QED) is 0.310. The molecule has 28 heavy (non-hydrogen) atoms. The van der Waals surface area contributed by atoms with Gasteiger partial charge in [-0.1, -0.05) is 11.8 Å². The standard InChI is InChI=1S/C19H18N2O7/c1-3-27-18(23)12-7-13(19(24)28-4-2)9-15(8-12)20-11-14-10-16(21(25)26)5-6-17(14)22/h5-11,22H,3-4H2,1-2H3/p-1. The van der Waals surface area contributed by atoms with E-state index in [4.69, 9.17) is 9.47 Å². The first-order valence-corrected chi connectivity index (χ1v) is 8.34. The minimum absolute atomic E-state index is 0.00609. The third kappa shape index (κ3) is 5.13. The average molecular weight is 385 g/mol. The minimum atomic E-state index is -0.648. The van der Waals surface area contributed by atoms with Crippen molar-refractivity contribution < 1.29 is 29.1 Å². The second-order valence-corrected chi connectivity index (χ2v) is 5.45. The first-order chi connectivity index (χ1) is 13.3. The summed E-state index contributed by atoms with van der Waals surface area (Å²) >= 11 is 0. The van der Waals surface area contributed by atoms with E-state index in [0.717, 1.165) is 24.4 Å². The Bertz CT molecular complexity index is 902. The highest BCUT2D eigenvalue weighted by molar-refractivity contribution is 5.97. The second kappa shape index (κ2) is 9.26. The number of carbonyl (C=O) groups excluding carboxylic acids is 2. The van der Waals surface area contributed by atoms with E-state index in [1.54, 1.807) is 13.8 Å². The van der Waals surface area contributed by atoms with Crippen LogP contribution in [0.2, 0.25) is 0 Å². The molecule has 0 aliphatic carbocycles. The Morgan fingerprint density at radius 1 is 1.04 bits per heavy atom. The summed E-state index contributed by atoms with van der Waals surface area (Å²) in [6.07, 6.45) is 1.13. The van der Waals surface area contributed by atoms with Crippen LogP contribution in [-0.2, 0) is 9.47 Å². The number of esters is 2. The summed E-state index contributed by atoms with van der Waals surface area (Å²) in [6, 6.07) is 7.32. The maximum Gasteiger partial charge on any atom is 0.338 e. The van der Waals surface area contributed by atoms with E-state index in [2.05, 4.69) is 4.99 Å². The summed E-state index contributed by atoms with van der Waals surface area (Å²) in [5.41, 5.74) is 0.0864. The van der Waals surface area contributed by atoms with Crippen molar-refractivity contribution in [1.29, 1.82) is 0 Å². The van der Waals surface area contributed by atoms with Gasteiger partial charge in [-0.25, -0.2) is 9.59 Å². The lowest BCUT2D eigenvalue weighted by atomic mass is 10.1. The zero-order valence-corrected chi connectivity index (χ0v) is 15.2. The van der Waals surface area contributed by atoms with E-state index in [1.165, 1.54) is 18.2 Å². The van der Waals surface area contributed by atoms with Crippen molar-refractivity contribution in [3.63, 3.8) is 0 Å². The third-order valence-electron chi connectivity index (χ3n) is 3.50. The van der Waals surface area contributed by atoms with E-state index in [9.17, 15) is 24.8 Å². The molecule has 9 heteroatoms. The van der Waals surface area contributed by atoms with Crippen molar-refractivity contribution in [3.8, 4) is 5.75 Å². The van der Waals surface area contributed by atoms with E-state index in [1.807, 2.05) is 0 Å². The molecule has 146 valence electrons. The molecule has 0 atom stereocenters. The number of rotatable bonds is 7. The van der Waals surface area contributed by atoms with Crippen molar-refractivity contribution in [1.82, 2.24) is 0 Å². The zero-order chi connectivity index (χ0) is 20.7. The number of non-ortho nitro benzene ring substituents is 1. The van der Waals surface area contributed by atoms with Crippen LogP contribution < -0.4 is 5.11 Å². The highest BCUT2D eigenvalue weighted by Gasteiger charge is 2.14. The van der Waals surface area contributed by atoms with Gasteiger partial charge in [-0.05, 0) is 37.6 Å².